The Morgan fingerprint density at radius 1 is 1.11 bits per heavy atom. The highest BCUT2D eigenvalue weighted by atomic mass is 19.4. The van der Waals surface area contributed by atoms with Gasteiger partial charge in [0.2, 0.25) is 0 Å². The minimum Gasteiger partial charge on any atom is -0.489 e. The molecule has 0 spiro atoms. The fraction of sp³-hybridized carbons (Fsp3) is 0.208. The van der Waals surface area contributed by atoms with Gasteiger partial charge >= 0.3 is 6.36 Å². The smallest absolute Gasteiger partial charge is 0.489 e. The Morgan fingerprint density at radius 2 is 1.89 bits per heavy atom. The van der Waals surface area contributed by atoms with E-state index < -0.39 is 18.0 Å². The van der Waals surface area contributed by atoms with Crippen LogP contribution in [0.3, 0.4) is 0 Å². The van der Waals surface area contributed by atoms with Crippen molar-refractivity contribution < 1.29 is 37.0 Å². The van der Waals surface area contributed by atoms with E-state index in [9.17, 15) is 22.8 Å². The lowest BCUT2D eigenvalue weighted by molar-refractivity contribution is -0.274. The van der Waals surface area contributed by atoms with Crippen molar-refractivity contribution in [2.24, 2.45) is 0 Å². The molecule has 12 heteroatoms. The first kappa shape index (κ1) is 24.6. The second-order valence-corrected chi connectivity index (χ2v) is 7.47. The monoisotopic (exact) mass is 502 g/mol. The molecule has 188 valence electrons. The second kappa shape index (κ2) is 10.4. The van der Waals surface area contributed by atoms with E-state index >= 15 is 0 Å². The quantitative estimate of drug-likeness (QED) is 0.506. The van der Waals surface area contributed by atoms with Crippen molar-refractivity contribution in [1.82, 2.24) is 10.3 Å². The zero-order chi connectivity index (χ0) is 25.7. The van der Waals surface area contributed by atoms with Crippen LogP contribution in [-0.2, 0) is 4.79 Å². The van der Waals surface area contributed by atoms with Crippen LogP contribution >= 0.6 is 0 Å². The number of halogens is 3. The Hall–Kier alpha value is -4.48. The average molecular weight is 502 g/mol. The minimum atomic E-state index is -4.81. The van der Waals surface area contributed by atoms with Gasteiger partial charge < -0.3 is 29.7 Å². The molecule has 0 saturated carbocycles. The molecule has 2 aromatic carbocycles. The number of hydrogen-bond donors (Lipinski definition) is 2. The second-order valence-electron chi connectivity index (χ2n) is 7.47. The maximum Gasteiger partial charge on any atom is 0.573 e. The van der Waals surface area contributed by atoms with Crippen LogP contribution in [0.25, 0.3) is 0 Å². The molecule has 3 aromatic rings. The van der Waals surface area contributed by atoms with Crippen LogP contribution in [0.2, 0.25) is 0 Å². The fourth-order valence-corrected chi connectivity index (χ4v) is 3.50. The summed E-state index contributed by atoms with van der Waals surface area (Å²) in [7, 11) is 1.51. The molecule has 2 amide bonds. The first-order valence-electron chi connectivity index (χ1n) is 10.7. The summed E-state index contributed by atoms with van der Waals surface area (Å²) < 4.78 is 52.4. The van der Waals surface area contributed by atoms with Crippen molar-refractivity contribution >= 4 is 29.0 Å². The molecule has 0 radical (unpaired) electrons. The number of amides is 2. The highest BCUT2D eigenvalue weighted by Gasteiger charge is 2.31. The van der Waals surface area contributed by atoms with E-state index in [0.717, 1.165) is 12.1 Å². The average Bonchev–Trinajstić information content (AvgIpc) is 2.87. The number of ether oxygens (including phenoxy) is 3. The summed E-state index contributed by atoms with van der Waals surface area (Å²) in [6.07, 6.45) is -3.22. The molecule has 2 heterocycles. The number of fused-ring (bicyclic) bond motifs is 1. The van der Waals surface area contributed by atoms with Gasteiger partial charge in [0.05, 0.1) is 17.8 Å². The van der Waals surface area contributed by atoms with Gasteiger partial charge in [0.15, 0.2) is 23.9 Å². The highest BCUT2D eigenvalue weighted by Crippen LogP contribution is 2.41. The van der Waals surface area contributed by atoms with Gasteiger partial charge in [0, 0.05) is 18.9 Å². The third-order valence-electron chi connectivity index (χ3n) is 5.08. The lowest BCUT2D eigenvalue weighted by atomic mass is 10.1. The van der Waals surface area contributed by atoms with E-state index in [-0.39, 0.29) is 30.4 Å². The molecule has 0 atom stereocenters. The zero-order valence-electron chi connectivity index (χ0n) is 19.0. The van der Waals surface area contributed by atoms with Crippen LogP contribution in [0.4, 0.5) is 30.4 Å². The summed E-state index contributed by atoms with van der Waals surface area (Å²) in [5, 5.41) is 5.13. The third kappa shape index (κ3) is 5.77. The van der Waals surface area contributed by atoms with Crippen molar-refractivity contribution in [1.29, 1.82) is 0 Å². The lowest BCUT2D eigenvalue weighted by Gasteiger charge is -2.32. The molecule has 0 fully saturated rings. The molecule has 0 aliphatic carbocycles. The third-order valence-corrected chi connectivity index (χ3v) is 5.08. The number of aromatic nitrogens is 1. The van der Waals surface area contributed by atoms with Crippen molar-refractivity contribution in [3.05, 3.63) is 66.4 Å². The number of nitrogens with zero attached hydrogens (tertiary/aromatic N) is 2. The van der Waals surface area contributed by atoms with Gasteiger partial charge in [0.1, 0.15) is 12.4 Å². The molecule has 1 aliphatic heterocycles. The number of alkyl halides is 3. The van der Waals surface area contributed by atoms with Crippen LogP contribution in [0.15, 0.2) is 60.8 Å². The Bertz CT molecular complexity index is 1250. The van der Waals surface area contributed by atoms with Gasteiger partial charge in [0.25, 0.3) is 11.8 Å². The number of nitrogens with one attached hydrogen (secondary N) is 2. The first-order valence-corrected chi connectivity index (χ1v) is 10.7. The van der Waals surface area contributed by atoms with Crippen LogP contribution in [0, 0.1) is 0 Å². The molecule has 4 rings (SSSR count). The summed E-state index contributed by atoms with van der Waals surface area (Å²) in [6.45, 7) is 0.458. The molecule has 36 heavy (non-hydrogen) atoms. The standard InChI is InChI=1S/C24H21F3N4O5/c1-28-20(32)14-35-19-6-3-11-29-22(19)31-12-13-34-21-17(4-2-5-18(21)31)23(33)30-15-7-9-16(10-8-15)36-24(25,26)27/h2-11H,12-14H2,1H3,(H,28,32)(H,30,33). The molecule has 0 saturated heterocycles. The lowest BCUT2D eigenvalue weighted by Crippen LogP contribution is -2.31. The van der Waals surface area contributed by atoms with Gasteiger partial charge in [-0.2, -0.15) is 0 Å². The van der Waals surface area contributed by atoms with Crippen LogP contribution in [-0.4, -0.2) is 50.0 Å². The summed E-state index contributed by atoms with van der Waals surface area (Å²) in [5.41, 5.74) is 1.05. The maximum atomic E-state index is 13.0. The normalized spacial score (nSPS) is 12.7. The topological polar surface area (TPSA) is 102 Å². The van der Waals surface area contributed by atoms with Crippen molar-refractivity contribution in [2.75, 3.05) is 37.0 Å². The SMILES string of the molecule is CNC(=O)COc1cccnc1N1CCOc2c(C(=O)Nc3ccc(OC(F)(F)F)cc3)cccc21. The zero-order valence-corrected chi connectivity index (χ0v) is 19.0. The molecular weight excluding hydrogens is 481 g/mol. The van der Waals surface area contributed by atoms with Gasteiger partial charge in [-0.15, -0.1) is 13.2 Å². The van der Waals surface area contributed by atoms with Crippen molar-refractivity contribution in [2.45, 2.75) is 6.36 Å². The molecule has 0 bridgehead atoms. The van der Waals surface area contributed by atoms with E-state index in [2.05, 4.69) is 20.4 Å². The van der Waals surface area contributed by atoms with Gasteiger partial charge in [-0.1, -0.05) is 6.07 Å². The van der Waals surface area contributed by atoms with Crippen LogP contribution in [0.1, 0.15) is 10.4 Å². The van der Waals surface area contributed by atoms with Crippen molar-refractivity contribution in [3.8, 4) is 17.2 Å². The molecule has 2 N–H and O–H groups in total. The Labute approximate surface area is 203 Å². The Morgan fingerprint density at radius 3 is 2.61 bits per heavy atom. The number of benzene rings is 2. The van der Waals surface area contributed by atoms with Gasteiger partial charge in [-0.05, 0) is 48.5 Å². The van der Waals surface area contributed by atoms with E-state index in [1.54, 1.807) is 36.5 Å². The van der Waals surface area contributed by atoms with Crippen LogP contribution < -0.4 is 29.7 Å². The summed E-state index contributed by atoms with van der Waals surface area (Å²) >= 11 is 0. The predicted octanol–water partition coefficient (Wildman–Crippen LogP) is 3.89. The number of likely N-dealkylation sites (N-methyl/N-ethyl adjacent to an activating group) is 1. The largest absolute Gasteiger partial charge is 0.573 e. The fourth-order valence-electron chi connectivity index (χ4n) is 3.50. The summed E-state index contributed by atoms with van der Waals surface area (Å²) in [6, 6.07) is 13.2. The molecule has 0 unspecified atom stereocenters. The highest BCUT2D eigenvalue weighted by molar-refractivity contribution is 6.07. The number of pyridine rings is 1. The Kier molecular flexibility index (Phi) is 7.13. The molecule has 1 aromatic heterocycles. The van der Waals surface area contributed by atoms with E-state index in [4.69, 9.17) is 9.47 Å². The van der Waals surface area contributed by atoms with E-state index in [1.165, 1.54) is 19.2 Å². The number of anilines is 3. The molecule has 9 nitrogen and oxygen atoms in total. The van der Waals surface area contributed by atoms with E-state index in [0.29, 0.717) is 29.5 Å². The van der Waals surface area contributed by atoms with E-state index in [1.807, 2.05) is 4.90 Å². The minimum absolute atomic E-state index is 0.193. The summed E-state index contributed by atoms with van der Waals surface area (Å²) in [5.74, 6) is -0.0873. The number of para-hydroxylation sites is 1. The van der Waals surface area contributed by atoms with Gasteiger partial charge in [-0.25, -0.2) is 4.98 Å². The van der Waals surface area contributed by atoms with Gasteiger partial charge in [-0.3, -0.25) is 9.59 Å². The number of carbonyl (C=O) groups excluding carboxylic acids is 2. The molecule has 1 aliphatic rings. The number of hydrogen-bond acceptors (Lipinski definition) is 7. The number of carbonyl (C=O) groups is 2. The van der Waals surface area contributed by atoms with Crippen molar-refractivity contribution in [3.63, 3.8) is 0 Å². The molecular formula is C24H21F3N4O5. The maximum absolute atomic E-state index is 13.0. The Balaban J connectivity index is 1.57. The predicted molar refractivity (Wildman–Crippen MR) is 124 cm³/mol. The first-order chi connectivity index (χ1) is 17.2. The number of rotatable bonds is 7. The van der Waals surface area contributed by atoms with Crippen LogP contribution in [0.5, 0.6) is 17.2 Å². The summed E-state index contributed by atoms with van der Waals surface area (Å²) in [4.78, 5) is 30.9.